The molecule has 0 saturated heterocycles. The Morgan fingerprint density at radius 2 is 2.14 bits per heavy atom. The number of para-hydroxylation sites is 1. The second kappa shape index (κ2) is 5.74. The van der Waals surface area contributed by atoms with E-state index in [9.17, 15) is 20.0 Å². The van der Waals surface area contributed by atoms with Gasteiger partial charge in [0.15, 0.2) is 0 Å². The first-order valence-corrected chi connectivity index (χ1v) is 6.52. The molecule has 0 saturated carbocycles. The molecule has 1 aromatic carbocycles. The molecule has 0 aliphatic carbocycles. The van der Waals surface area contributed by atoms with E-state index in [4.69, 9.17) is 0 Å². The molecule has 0 bridgehead atoms. The van der Waals surface area contributed by atoms with Crippen molar-refractivity contribution >= 4 is 11.7 Å². The van der Waals surface area contributed by atoms with E-state index < -0.39 is 10.9 Å². The fraction of sp³-hybridized carbons (Fsp3) is 0.286. The lowest BCUT2D eigenvalue weighted by Gasteiger charge is -2.07. The van der Waals surface area contributed by atoms with Gasteiger partial charge < -0.3 is 5.11 Å². The number of rotatable bonds is 5. The Labute approximate surface area is 121 Å². The minimum Gasteiger partial charge on any atom is -0.478 e. The van der Waals surface area contributed by atoms with Crippen LogP contribution in [-0.4, -0.2) is 25.8 Å². The van der Waals surface area contributed by atoms with Crippen molar-refractivity contribution in [3.63, 3.8) is 0 Å². The van der Waals surface area contributed by atoms with Crippen molar-refractivity contribution in [2.75, 3.05) is 0 Å². The summed E-state index contributed by atoms with van der Waals surface area (Å²) in [5.41, 5.74) is 0.135. The van der Waals surface area contributed by atoms with Crippen LogP contribution in [0.1, 0.15) is 36.7 Å². The minimum absolute atomic E-state index is 0.0135. The molecule has 2 aromatic rings. The predicted octanol–water partition coefficient (Wildman–Crippen LogP) is 3.13. The van der Waals surface area contributed by atoms with Crippen LogP contribution in [0.3, 0.4) is 0 Å². The monoisotopic (exact) mass is 289 g/mol. The summed E-state index contributed by atoms with van der Waals surface area (Å²) in [7, 11) is 0. The maximum absolute atomic E-state index is 11.4. The average molecular weight is 289 g/mol. The number of carboxylic acids is 1. The molecule has 1 aromatic heterocycles. The van der Waals surface area contributed by atoms with E-state index in [1.807, 2.05) is 13.8 Å². The number of carboxylic acid groups (broad SMARTS) is 1. The largest absolute Gasteiger partial charge is 0.478 e. The third-order valence-corrected chi connectivity index (χ3v) is 3.36. The van der Waals surface area contributed by atoms with E-state index in [1.165, 1.54) is 29.1 Å². The summed E-state index contributed by atoms with van der Waals surface area (Å²) in [6.07, 6.45) is 2.19. The number of aromatic nitrogens is 2. The Morgan fingerprint density at radius 1 is 1.48 bits per heavy atom. The molecule has 0 aliphatic rings. The lowest BCUT2D eigenvalue weighted by Crippen LogP contribution is -2.04. The zero-order valence-corrected chi connectivity index (χ0v) is 11.7. The first-order chi connectivity index (χ1) is 9.95. The Morgan fingerprint density at radius 3 is 2.71 bits per heavy atom. The van der Waals surface area contributed by atoms with Gasteiger partial charge in [-0.2, -0.15) is 5.10 Å². The van der Waals surface area contributed by atoms with Gasteiger partial charge in [0.2, 0.25) is 0 Å². The van der Waals surface area contributed by atoms with Crippen LogP contribution < -0.4 is 0 Å². The summed E-state index contributed by atoms with van der Waals surface area (Å²) in [5, 5.41) is 24.6. The highest BCUT2D eigenvalue weighted by Crippen LogP contribution is 2.31. The van der Waals surface area contributed by atoms with E-state index >= 15 is 0 Å². The molecule has 1 heterocycles. The smallest absolute Gasteiger partial charge is 0.339 e. The highest BCUT2D eigenvalue weighted by Gasteiger charge is 2.24. The van der Waals surface area contributed by atoms with Gasteiger partial charge >= 0.3 is 5.97 Å². The molecule has 21 heavy (non-hydrogen) atoms. The molecule has 0 spiro atoms. The lowest BCUT2D eigenvalue weighted by atomic mass is 10.1. The number of benzene rings is 1. The van der Waals surface area contributed by atoms with Crippen molar-refractivity contribution in [1.82, 2.24) is 9.78 Å². The number of carbonyl (C=O) groups is 1. The van der Waals surface area contributed by atoms with Gasteiger partial charge in [-0.05, 0) is 19.4 Å². The fourth-order valence-corrected chi connectivity index (χ4v) is 1.99. The van der Waals surface area contributed by atoms with E-state index in [1.54, 1.807) is 6.07 Å². The lowest BCUT2D eigenvalue weighted by molar-refractivity contribution is -0.384. The van der Waals surface area contributed by atoms with Crippen LogP contribution in [0.4, 0.5) is 5.69 Å². The van der Waals surface area contributed by atoms with Crippen LogP contribution in [0.15, 0.2) is 30.5 Å². The van der Waals surface area contributed by atoms with Crippen molar-refractivity contribution in [2.45, 2.75) is 26.3 Å². The van der Waals surface area contributed by atoms with Crippen molar-refractivity contribution in [1.29, 1.82) is 0 Å². The second-order valence-corrected chi connectivity index (χ2v) is 4.71. The van der Waals surface area contributed by atoms with Crippen LogP contribution in [0.2, 0.25) is 0 Å². The zero-order valence-electron chi connectivity index (χ0n) is 11.7. The quantitative estimate of drug-likeness (QED) is 0.673. The number of nitro benzene ring substituents is 1. The first kappa shape index (κ1) is 14.7. The van der Waals surface area contributed by atoms with Crippen molar-refractivity contribution in [2.24, 2.45) is 0 Å². The number of hydrogen-bond donors (Lipinski definition) is 1. The van der Waals surface area contributed by atoms with Gasteiger partial charge in [-0.25, -0.2) is 4.79 Å². The maximum atomic E-state index is 11.4. The molecular weight excluding hydrogens is 274 g/mol. The summed E-state index contributed by atoms with van der Waals surface area (Å²) in [4.78, 5) is 21.9. The van der Waals surface area contributed by atoms with Gasteiger partial charge in [-0.1, -0.05) is 19.1 Å². The summed E-state index contributed by atoms with van der Waals surface area (Å²) in [5.74, 6) is -1.15. The Bertz CT molecular complexity index is 693. The number of hydrogen-bond acceptors (Lipinski definition) is 4. The maximum Gasteiger partial charge on any atom is 0.339 e. The van der Waals surface area contributed by atoms with Crippen LogP contribution in [0.25, 0.3) is 11.3 Å². The van der Waals surface area contributed by atoms with Crippen molar-refractivity contribution in [3.8, 4) is 11.3 Å². The Balaban J connectivity index is 2.66. The number of nitrogens with zero attached hydrogens (tertiary/aromatic N) is 3. The van der Waals surface area contributed by atoms with Gasteiger partial charge in [0.25, 0.3) is 5.69 Å². The molecule has 7 nitrogen and oxygen atoms in total. The van der Waals surface area contributed by atoms with Gasteiger partial charge in [-0.3, -0.25) is 14.8 Å². The Hall–Kier alpha value is -2.70. The summed E-state index contributed by atoms with van der Waals surface area (Å²) in [6.45, 7) is 3.86. The predicted molar refractivity (Wildman–Crippen MR) is 76.3 cm³/mol. The van der Waals surface area contributed by atoms with Gasteiger partial charge in [0.05, 0.1) is 10.5 Å². The summed E-state index contributed by atoms with van der Waals surface area (Å²) < 4.78 is 1.54. The van der Waals surface area contributed by atoms with E-state index in [-0.39, 0.29) is 28.6 Å². The van der Waals surface area contributed by atoms with Crippen molar-refractivity contribution in [3.05, 3.63) is 46.1 Å². The van der Waals surface area contributed by atoms with Crippen LogP contribution in [0, 0.1) is 10.1 Å². The topological polar surface area (TPSA) is 98.3 Å². The van der Waals surface area contributed by atoms with Crippen LogP contribution >= 0.6 is 0 Å². The third-order valence-electron chi connectivity index (χ3n) is 3.36. The molecule has 2 rings (SSSR count). The first-order valence-electron chi connectivity index (χ1n) is 6.52. The minimum atomic E-state index is -1.15. The molecule has 1 N–H and O–H groups in total. The van der Waals surface area contributed by atoms with E-state index in [0.29, 0.717) is 0 Å². The molecule has 110 valence electrons. The molecule has 7 heteroatoms. The highest BCUT2D eigenvalue weighted by atomic mass is 16.6. The van der Waals surface area contributed by atoms with E-state index in [2.05, 4.69) is 5.10 Å². The van der Waals surface area contributed by atoms with E-state index in [0.717, 1.165) is 6.42 Å². The second-order valence-electron chi connectivity index (χ2n) is 4.71. The third kappa shape index (κ3) is 2.76. The number of aromatic carboxylic acids is 1. The van der Waals surface area contributed by atoms with Crippen LogP contribution in [-0.2, 0) is 0 Å². The molecule has 0 radical (unpaired) electrons. The zero-order chi connectivity index (χ0) is 15.6. The summed E-state index contributed by atoms with van der Waals surface area (Å²) >= 11 is 0. The Kier molecular flexibility index (Phi) is 4.02. The summed E-state index contributed by atoms with van der Waals surface area (Å²) in [6, 6.07) is 6.01. The average Bonchev–Trinajstić information content (AvgIpc) is 2.91. The molecule has 0 amide bonds. The van der Waals surface area contributed by atoms with Crippen molar-refractivity contribution < 1.29 is 14.8 Å². The molecule has 1 unspecified atom stereocenters. The SMILES string of the molecule is CCC(C)n1cc(C(=O)O)c(-c2ccccc2[N+](=O)[O-])n1. The normalized spacial score (nSPS) is 12.1. The van der Waals surface area contributed by atoms with Gasteiger partial charge in [0.1, 0.15) is 11.3 Å². The number of nitro groups is 1. The highest BCUT2D eigenvalue weighted by molar-refractivity contribution is 5.95. The molecule has 1 atom stereocenters. The molecule has 0 fully saturated rings. The molecular formula is C14H15N3O4. The van der Waals surface area contributed by atoms with Gasteiger partial charge in [-0.15, -0.1) is 0 Å². The molecule has 0 aliphatic heterocycles. The van der Waals surface area contributed by atoms with Crippen LogP contribution in [0.5, 0.6) is 0 Å². The van der Waals surface area contributed by atoms with Gasteiger partial charge in [0, 0.05) is 18.3 Å². The standard InChI is InChI=1S/C14H15N3O4/c1-3-9(2)16-8-11(14(18)19)13(15-16)10-6-4-5-7-12(10)17(20)21/h4-9H,3H2,1-2H3,(H,18,19). The fourth-order valence-electron chi connectivity index (χ4n) is 1.99.